The van der Waals surface area contributed by atoms with Crippen molar-refractivity contribution in [1.29, 1.82) is 0 Å². The van der Waals surface area contributed by atoms with Gasteiger partial charge in [-0.3, -0.25) is 14.7 Å². The number of fused-ring (bicyclic) bond motifs is 1. The molecule has 0 spiro atoms. The van der Waals surface area contributed by atoms with Gasteiger partial charge in [0.15, 0.2) is 5.96 Å². The second-order valence-electron chi connectivity index (χ2n) is 9.42. The van der Waals surface area contributed by atoms with Crippen LogP contribution in [0, 0.1) is 0 Å². The number of piperidine rings is 2. The van der Waals surface area contributed by atoms with E-state index in [2.05, 4.69) is 43.9 Å². The maximum absolute atomic E-state index is 12.1. The van der Waals surface area contributed by atoms with E-state index in [1.165, 1.54) is 50.8 Å². The van der Waals surface area contributed by atoms with Gasteiger partial charge in [0.1, 0.15) is 0 Å². The van der Waals surface area contributed by atoms with Crippen molar-refractivity contribution in [3.63, 3.8) is 0 Å². The number of carbonyl (C=O) groups is 1. The van der Waals surface area contributed by atoms with Crippen LogP contribution in [-0.2, 0) is 4.79 Å². The van der Waals surface area contributed by atoms with Gasteiger partial charge in [-0.05, 0) is 70.5 Å². The summed E-state index contributed by atoms with van der Waals surface area (Å²) in [7, 11) is 4.06. The molecule has 1 amide bonds. The molecule has 7 nitrogen and oxygen atoms in total. The Labute approximate surface area is 209 Å². The lowest BCUT2D eigenvalue weighted by molar-refractivity contribution is -0.116. The van der Waals surface area contributed by atoms with E-state index in [1.807, 2.05) is 25.2 Å². The number of carbonyl (C=O) groups excluding carboxylic acids is 1. The van der Waals surface area contributed by atoms with E-state index in [0.717, 1.165) is 31.3 Å². The van der Waals surface area contributed by atoms with Gasteiger partial charge in [0.05, 0.1) is 0 Å². The van der Waals surface area contributed by atoms with Crippen molar-refractivity contribution in [1.82, 2.24) is 20.4 Å². The Morgan fingerprint density at radius 3 is 2.56 bits per heavy atom. The van der Waals surface area contributed by atoms with E-state index in [1.54, 1.807) is 0 Å². The molecule has 1 unspecified atom stereocenters. The molecule has 32 heavy (non-hydrogen) atoms. The van der Waals surface area contributed by atoms with Crippen LogP contribution in [0.4, 0.5) is 5.69 Å². The van der Waals surface area contributed by atoms with E-state index in [-0.39, 0.29) is 41.3 Å². The number of rotatable bonds is 5. The van der Waals surface area contributed by atoms with Gasteiger partial charge >= 0.3 is 0 Å². The Balaban J connectivity index is 0.00000289. The molecular weight excluding hydrogens is 515 g/mol. The standard InChI is InChI=1S/C24H38N6O.HI/c1-25-23(26-17-19-16-22(31)28-21-9-5-4-8-20(19)21)27-18-24(10-14-29(2)15-11-24)30-12-6-3-7-13-30;/h4-5,8-9,19H,3,6-7,10-18H2,1-2H3,(H,28,31)(H2,25,26,27);1H. The van der Waals surface area contributed by atoms with Crippen LogP contribution in [0.15, 0.2) is 29.3 Å². The van der Waals surface area contributed by atoms with Crippen LogP contribution in [0.1, 0.15) is 50.0 Å². The molecule has 4 rings (SSSR count). The van der Waals surface area contributed by atoms with Crippen molar-refractivity contribution in [2.75, 3.05) is 58.7 Å². The second kappa shape index (κ2) is 11.7. The summed E-state index contributed by atoms with van der Waals surface area (Å²) < 4.78 is 0. The fraction of sp³-hybridized carbons (Fsp3) is 0.667. The van der Waals surface area contributed by atoms with Gasteiger partial charge in [-0.1, -0.05) is 24.6 Å². The zero-order valence-corrected chi connectivity index (χ0v) is 21.9. The highest BCUT2D eigenvalue weighted by Gasteiger charge is 2.39. The summed E-state index contributed by atoms with van der Waals surface area (Å²) in [5.41, 5.74) is 2.34. The van der Waals surface area contributed by atoms with Gasteiger partial charge in [0.25, 0.3) is 0 Å². The first kappa shape index (κ1) is 25.2. The number of nitrogens with one attached hydrogen (secondary N) is 3. The van der Waals surface area contributed by atoms with Crippen LogP contribution >= 0.6 is 24.0 Å². The Hall–Kier alpha value is -1.39. The summed E-state index contributed by atoms with van der Waals surface area (Å²) in [5, 5.41) is 10.1. The summed E-state index contributed by atoms with van der Waals surface area (Å²) in [6.45, 7) is 6.35. The molecule has 2 saturated heterocycles. The number of benzene rings is 1. The molecule has 0 bridgehead atoms. The number of likely N-dealkylation sites (tertiary alicyclic amines) is 2. The van der Waals surface area contributed by atoms with Crippen molar-refractivity contribution in [3.8, 4) is 0 Å². The molecule has 178 valence electrons. The van der Waals surface area contributed by atoms with Crippen molar-refractivity contribution in [2.24, 2.45) is 4.99 Å². The molecule has 0 radical (unpaired) electrons. The Morgan fingerprint density at radius 2 is 1.84 bits per heavy atom. The topological polar surface area (TPSA) is 72.0 Å². The highest BCUT2D eigenvalue weighted by Crippen LogP contribution is 2.32. The number of guanidine groups is 1. The number of aliphatic imine (C=N–C) groups is 1. The molecule has 1 aromatic rings. The molecule has 0 saturated carbocycles. The predicted octanol–water partition coefficient (Wildman–Crippen LogP) is 2.85. The zero-order valence-electron chi connectivity index (χ0n) is 19.5. The predicted molar refractivity (Wildman–Crippen MR) is 142 cm³/mol. The van der Waals surface area contributed by atoms with Gasteiger partial charge in [0, 0.05) is 43.7 Å². The van der Waals surface area contributed by atoms with Crippen molar-refractivity contribution in [2.45, 2.75) is 50.0 Å². The van der Waals surface area contributed by atoms with Gasteiger partial charge in [-0.15, -0.1) is 24.0 Å². The third-order valence-corrected chi connectivity index (χ3v) is 7.38. The Morgan fingerprint density at radius 1 is 1.12 bits per heavy atom. The van der Waals surface area contributed by atoms with E-state index >= 15 is 0 Å². The smallest absolute Gasteiger partial charge is 0.225 e. The fourth-order valence-electron chi connectivity index (χ4n) is 5.38. The summed E-state index contributed by atoms with van der Waals surface area (Å²) in [6.07, 6.45) is 6.89. The maximum Gasteiger partial charge on any atom is 0.225 e. The van der Waals surface area contributed by atoms with Crippen LogP contribution < -0.4 is 16.0 Å². The second-order valence-corrected chi connectivity index (χ2v) is 9.42. The molecule has 1 aromatic carbocycles. The lowest BCUT2D eigenvalue weighted by Crippen LogP contribution is -2.62. The minimum Gasteiger partial charge on any atom is -0.356 e. The average molecular weight is 555 g/mol. The monoisotopic (exact) mass is 554 g/mol. The first-order valence-corrected chi connectivity index (χ1v) is 11.9. The third-order valence-electron chi connectivity index (χ3n) is 7.38. The Bertz CT molecular complexity index is 786. The highest BCUT2D eigenvalue weighted by atomic mass is 127. The summed E-state index contributed by atoms with van der Waals surface area (Å²) in [5.74, 6) is 1.07. The van der Waals surface area contributed by atoms with Gasteiger partial charge in [-0.2, -0.15) is 0 Å². The van der Waals surface area contributed by atoms with Crippen LogP contribution in [0.2, 0.25) is 0 Å². The first-order valence-electron chi connectivity index (χ1n) is 11.9. The van der Waals surface area contributed by atoms with Crippen LogP contribution in [0.3, 0.4) is 0 Å². The molecule has 3 N–H and O–H groups in total. The molecule has 3 aliphatic rings. The lowest BCUT2D eigenvalue weighted by atomic mass is 9.84. The van der Waals surface area contributed by atoms with Gasteiger partial charge < -0.3 is 20.9 Å². The molecule has 8 heteroatoms. The quantitative estimate of drug-likeness (QED) is 0.297. The van der Waals surface area contributed by atoms with Crippen LogP contribution in [-0.4, -0.2) is 80.6 Å². The van der Waals surface area contributed by atoms with E-state index in [9.17, 15) is 4.79 Å². The Kier molecular flexibility index (Phi) is 9.19. The summed E-state index contributed by atoms with van der Waals surface area (Å²) in [6, 6.07) is 8.10. The van der Waals surface area contributed by atoms with Crippen LogP contribution in [0.25, 0.3) is 0 Å². The average Bonchev–Trinajstić information content (AvgIpc) is 2.81. The molecular formula is C24H39IN6O. The van der Waals surface area contributed by atoms with E-state index < -0.39 is 0 Å². The molecule has 1 atom stereocenters. The first-order chi connectivity index (χ1) is 15.1. The molecule has 2 fully saturated rings. The van der Waals surface area contributed by atoms with E-state index in [0.29, 0.717) is 13.0 Å². The largest absolute Gasteiger partial charge is 0.356 e. The number of amides is 1. The third kappa shape index (κ3) is 5.94. The minimum absolute atomic E-state index is 0. The molecule has 3 aliphatic heterocycles. The number of halogens is 1. The summed E-state index contributed by atoms with van der Waals surface area (Å²) in [4.78, 5) is 21.8. The number of nitrogens with zero attached hydrogens (tertiary/aromatic N) is 3. The molecule has 3 heterocycles. The molecule has 0 aliphatic carbocycles. The van der Waals surface area contributed by atoms with E-state index in [4.69, 9.17) is 0 Å². The van der Waals surface area contributed by atoms with Gasteiger partial charge in [0.2, 0.25) is 5.91 Å². The zero-order chi connectivity index (χ0) is 21.7. The molecule has 0 aromatic heterocycles. The number of para-hydroxylation sites is 1. The van der Waals surface area contributed by atoms with Crippen molar-refractivity contribution >= 4 is 41.5 Å². The van der Waals surface area contributed by atoms with Gasteiger partial charge in [-0.25, -0.2) is 0 Å². The number of hydrogen-bond acceptors (Lipinski definition) is 4. The SMILES string of the molecule is CN=C(NCC1CC(=O)Nc2ccccc21)NCC1(N2CCCCC2)CCN(C)CC1.I. The number of hydrogen-bond donors (Lipinski definition) is 3. The van der Waals surface area contributed by atoms with Crippen LogP contribution in [0.5, 0.6) is 0 Å². The minimum atomic E-state index is 0. The lowest BCUT2D eigenvalue weighted by Gasteiger charge is -2.50. The fourth-order valence-corrected chi connectivity index (χ4v) is 5.38. The van der Waals surface area contributed by atoms with Crippen molar-refractivity contribution < 1.29 is 4.79 Å². The number of anilines is 1. The van der Waals surface area contributed by atoms with Crippen molar-refractivity contribution in [3.05, 3.63) is 29.8 Å². The summed E-state index contributed by atoms with van der Waals surface area (Å²) >= 11 is 0. The maximum atomic E-state index is 12.1. The highest BCUT2D eigenvalue weighted by molar-refractivity contribution is 14.0. The normalized spacial score (nSPS) is 24.1.